The van der Waals surface area contributed by atoms with Gasteiger partial charge in [-0.2, -0.15) is 0 Å². The van der Waals surface area contributed by atoms with Crippen molar-refractivity contribution in [2.75, 3.05) is 0 Å². The van der Waals surface area contributed by atoms with E-state index in [0.717, 1.165) is 32.1 Å². The minimum absolute atomic E-state index is 0. The quantitative estimate of drug-likeness (QED) is 0.607. The molecular weight excluding hydrogens is 202 g/mol. The molecule has 4 nitrogen and oxygen atoms in total. The van der Waals surface area contributed by atoms with Crippen LogP contribution in [0.5, 0.6) is 0 Å². The molecule has 2 aliphatic rings. The first-order valence-corrected chi connectivity index (χ1v) is 4.97. The number of amides is 1. The van der Waals surface area contributed by atoms with Crippen molar-refractivity contribution in [1.82, 2.24) is 5.32 Å². The molecule has 2 unspecified atom stereocenters. The fourth-order valence-corrected chi connectivity index (χ4v) is 1.93. The monoisotopic (exact) mass is 219 g/mol. The van der Waals surface area contributed by atoms with Crippen molar-refractivity contribution in [2.45, 2.75) is 49.7 Å². The minimum Gasteiger partial charge on any atom is -0.350 e. The molecule has 5 heteroatoms. The second-order valence-electron chi connectivity index (χ2n) is 4.34. The molecule has 0 spiro atoms. The summed E-state index contributed by atoms with van der Waals surface area (Å²) in [6, 6.07) is 0.350. The van der Waals surface area contributed by atoms with Crippen LogP contribution in [0.2, 0.25) is 0 Å². The molecule has 0 radical (unpaired) electrons. The van der Waals surface area contributed by atoms with Gasteiger partial charge in [-0.25, -0.2) is 0 Å². The van der Waals surface area contributed by atoms with E-state index < -0.39 is 5.54 Å². The Bertz CT molecular complexity index is 228. The standard InChI is InChI=1S/C9H17N3O.ClH/c10-6-5-7(6)12-8(13)9(11)3-1-2-4-9;/h6-7H,1-5,10-11H2,(H,12,13);1H. The fraction of sp³-hybridized carbons (Fsp3) is 0.889. The van der Waals surface area contributed by atoms with E-state index in [9.17, 15) is 4.79 Å². The molecule has 2 aliphatic carbocycles. The molecule has 0 saturated heterocycles. The van der Waals surface area contributed by atoms with Gasteiger partial charge in [-0.1, -0.05) is 12.8 Å². The maximum Gasteiger partial charge on any atom is 0.240 e. The third-order valence-electron chi connectivity index (χ3n) is 3.10. The van der Waals surface area contributed by atoms with Crippen molar-refractivity contribution in [3.63, 3.8) is 0 Å². The van der Waals surface area contributed by atoms with Crippen LogP contribution in [0, 0.1) is 0 Å². The van der Waals surface area contributed by atoms with E-state index in [1.165, 1.54) is 0 Å². The third-order valence-corrected chi connectivity index (χ3v) is 3.10. The van der Waals surface area contributed by atoms with Crippen LogP contribution < -0.4 is 16.8 Å². The second-order valence-corrected chi connectivity index (χ2v) is 4.34. The van der Waals surface area contributed by atoms with E-state index in [0.29, 0.717) is 0 Å². The summed E-state index contributed by atoms with van der Waals surface area (Å²) in [4.78, 5) is 11.7. The summed E-state index contributed by atoms with van der Waals surface area (Å²) in [5.41, 5.74) is 11.0. The Hall–Kier alpha value is -0.320. The Morgan fingerprint density at radius 1 is 1.36 bits per heavy atom. The largest absolute Gasteiger partial charge is 0.350 e. The normalized spacial score (nSPS) is 33.3. The van der Waals surface area contributed by atoms with E-state index in [-0.39, 0.29) is 30.4 Å². The van der Waals surface area contributed by atoms with Crippen molar-refractivity contribution >= 4 is 18.3 Å². The summed E-state index contributed by atoms with van der Waals surface area (Å²) in [5, 5.41) is 2.90. The topological polar surface area (TPSA) is 81.1 Å². The number of halogens is 1. The lowest BCUT2D eigenvalue weighted by molar-refractivity contribution is -0.126. The van der Waals surface area contributed by atoms with Gasteiger partial charge in [-0.15, -0.1) is 12.4 Å². The van der Waals surface area contributed by atoms with Crippen LogP contribution in [0.1, 0.15) is 32.1 Å². The van der Waals surface area contributed by atoms with Gasteiger partial charge in [-0.05, 0) is 19.3 Å². The molecule has 0 aromatic heterocycles. The van der Waals surface area contributed by atoms with Gasteiger partial charge in [0.1, 0.15) is 0 Å². The van der Waals surface area contributed by atoms with Crippen molar-refractivity contribution in [3.05, 3.63) is 0 Å². The van der Waals surface area contributed by atoms with Crippen LogP contribution in [0.15, 0.2) is 0 Å². The van der Waals surface area contributed by atoms with Gasteiger partial charge < -0.3 is 16.8 Å². The van der Waals surface area contributed by atoms with E-state index in [1.54, 1.807) is 0 Å². The zero-order chi connectivity index (χ0) is 9.47. The minimum atomic E-state index is -0.595. The van der Waals surface area contributed by atoms with Crippen LogP contribution in [-0.2, 0) is 4.79 Å². The number of hydrogen-bond acceptors (Lipinski definition) is 3. The Labute approximate surface area is 90.2 Å². The molecule has 2 rings (SSSR count). The number of nitrogens with two attached hydrogens (primary N) is 2. The van der Waals surface area contributed by atoms with Crippen LogP contribution in [0.25, 0.3) is 0 Å². The van der Waals surface area contributed by atoms with Gasteiger partial charge in [0.05, 0.1) is 5.54 Å². The number of hydrogen-bond donors (Lipinski definition) is 3. The first-order valence-electron chi connectivity index (χ1n) is 4.97. The maximum absolute atomic E-state index is 11.7. The molecular formula is C9H18ClN3O. The molecule has 1 amide bonds. The molecule has 0 aromatic rings. The molecule has 0 heterocycles. The number of nitrogens with one attached hydrogen (secondary N) is 1. The SMILES string of the molecule is Cl.NC1CC1NC(=O)C1(N)CCCC1. The number of carbonyl (C=O) groups is 1. The number of carbonyl (C=O) groups excluding carboxylic acids is 1. The average molecular weight is 220 g/mol. The van der Waals surface area contributed by atoms with Crippen LogP contribution in [0.4, 0.5) is 0 Å². The summed E-state index contributed by atoms with van der Waals surface area (Å²) in [6.45, 7) is 0. The van der Waals surface area contributed by atoms with Crippen molar-refractivity contribution in [3.8, 4) is 0 Å². The highest BCUT2D eigenvalue weighted by Crippen LogP contribution is 2.28. The molecule has 82 valence electrons. The smallest absolute Gasteiger partial charge is 0.240 e. The highest BCUT2D eigenvalue weighted by atomic mass is 35.5. The molecule has 0 aromatic carbocycles. The van der Waals surface area contributed by atoms with E-state index in [1.807, 2.05) is 0 Å². The molecule has 2 fully saturated rings. The Morgan fingerprint density at radius 2 is 1.86 bits per heavy atom. The zero-order valence-corrected chi connectivity index (χ0v) is 8.98. The van der Waals surface area contributed by atoms with Gasteiger partial charge in [0.15, 0.2) is 0 Å². The maximum atomic E-state index is 11.7. The Balaban J connectivity index is 0.000000980. The number of rotatable bonds is 2. The molecule has 14 heavy (non-hydrogen) atoms. The van der Waals surface area contributed by atoms with Crippen molar-refractivity contribution in [2.24, 2.45) is 11.5 Å². The van der Waals surface area contributed by atoms with Crippen LogP contribution >= 0.6 is 12.4 Å². The van der Waals surface area contributed by atoms with Gasteiger partial charge in [0.25, 0.3) is 0 Å². The average Bonchev–Trinajstić information content (AvgIpc) is 2.62. The first kappa shape index (κ1) is 11.8. The zero-order valence-electron chi connectivity index (χ0n) is 8.16. The Morgan fingerprint density at radius 3 is 2.29 bits per heavy atom. The Kier molecular flexibility index (Phi) is 3.40. The summed E-state index contributed by atoms with van der Waals surface area (Å²) in [7, 11) is 0. The van der Waals surface area contributed by atoms with Crippen molar-refractivity contribution < 1.29 is 4.79 Å². The highest BCUT2D eigenvalue weighted by Gasteiger charge is 2.42. The fourth-order valence-electron chi connectivity index (χ4n) is 1.93. The van der Waals surface area contributed by atoms with Gasteiger partial charge in [0, 0.05) is 12.1 Å². The van der Waals surface area contributed by atoms with E-state index in [2.05, 4.69) is 5.32 Å². The summed E-state index contributed by atoms with van der Waals surface area (Å²) >= 11 is 0. The molecule has 0 bridgehead atoms. The highest BCUT2D eigenvalue weighted by molar-refractivity contribution is 5.87. The lowest BCUT2D eigenvalue weighted by Crippen LogP contribution is -2.53. The predicted molar refractivity (Wildman–Crippen MR) is 57.2 cm³/mol. The summed E-state index contributed by atoms with van der Waals surface area (Å²) in [6.07, 6.45) is 4.69. The van der Waals surface area contributed by atoms with E-state index >= 15 is 0 Å². The van der Waals surface area contributed by atoms with Crippen LogP contribution in [0.3, 0.4) is 0 Å². The van der Waals surface area contributed by atoms with Gasteiger partial charge in [0.2, 0.25) is 5.91 Å². The lowest BCUT2D eigenvalue weighted by Gasteiger charge is -2.22. The van der Waals surface area contributed by atoms with E-state index in [4.69, 9.17) is 11.5 Å². The third kappa shape index (κ3) is 2.19. The summed E-state index contributed by atoms with van der Waals surface area (Å²) in [5.74, 6) is 0.00273. The predicted octanol–water partition coefficient (Wildman–Crippen LogP) is -0.105. The molecule has 2 atom stereocenters. The molecule has 5 N–H and O–H groups in total. The summed E-state index contributed by atoms with van der Waals surface area (Å²) < 4.78 is 0. The van der Waals surface area contributed by atoms with Gasteiger partial charge >= 0.3 is 0 Å². The second kappa shape index (κ2) is 4.04. The first-order chi connectivity index (χ1) is 6.12. The molecule has 2 saturated carbocycles. The molecule has 0 aliphatic heterocycles. The van der Waals surface area contributed by atoms with Gasteiger partial charge in [-0.3, -0.25) is 4.79 Å². The lowest BCUT2D eigenvalue weighted by atomic mass is 9.98. The van der Waals surface area contributed by atoms with Crippen LogP contribution in [-0.4, -0.2) is 23.5 Å². The van der Waals surface area contributed by atoms with Crippen molar-refractivity contribution in [1.29, 1.82) is 0 Å².